The Morgan fingerprint density at radius 1 is 1.41 bits per heavy atom. The molecule has 2 unspecified atom stereocenters. The predicted octanol–water partition coefficient (Wildman–Crippen LogP) is 2.75. The zero-order valence-electron chi connectivity index (χ0n) is 10.3. The molecule has 0 N–H and O–H groups in total. The maximum Gasteiger partial charge on any atom is 0.164 e. The number of hydrogen-bond donors (Lipinski definition) is 0. The molecule has 92 valence electrons. The monoisotopic (exact) mass is 233 g/mol. The van der Waals surface area contributed by atoms with Crippen LogP contribution in [0.4, 0.5) is 0 Å². The third-order valence-electron chi connectivity index (χ3n) is 3.99. The molecule has 0 radical (unpaired) electrons. The summed E-state index contributed by atoms with van der Waals surface area (Å²) in [5.41, 5.74) is 2.23. The Bertz CT molecular complexity index is 435. The number of ether oxygens (including phenoxy) is 1. The van der Waals surface area contributed by atoms with E-state index >= 15 is 0 Å². The van der Waals surface area contributed by atoms with Gasteiger partial charge in [-0.25, -0.2) is 0 Å². The van der Waals surface area contributed by atoms with Crippen LogP contribution in [0.3, 0.4) is 0 Å². The maximum atomic E-state index is 11.8. The van der Waals surface area contributed by atoms with Crippen LogP contribution in [0.15, 0.2) is 12.3 Å². The van der Waals surface area contributed by atoms with E-state index in [1.807, 2.05) is 6.07 Å². The molecule has 1 aliphatic carbocycles. The van der Waals surface area contributed by atoms with Crippen LogP contribution >= 0.6 is 0 Å². The number of ketones is 1. The lowest BCUT2D eigenvalue weighted by Crippen LogP contribution is -2.27. The zero-order valence-corrected chi connectivity index (χ0v) is 10.3. The molecule has 2 heterocycles. The number of fused-ring (bicyclic) bond motifs is 1. The Kier molecular flexibility index (Phi) is 2.79. The summed E-state index contributed by atoms with van der Waals surface area (Å²) in [5, 5.41) is 0. The molecule has 1 aromatic heterocycles. The molecule has 1 aliphatic heterocycles. The maximum absolute atomic E-state index is 11.8. The van der Waals surface area contributed by atoms with Crippen molar-refractivity contribution in [3.63, 3.8) is 0 Å². The van der Waals surface area contributed by atoms with E-state index in [1.54, 1.807) is 0 Å². The fraction of sp³-hybridized carbons (Fsp3) is 0.643. The SMILES string of the molecule is CC1CC(n2ccc3c2CCCC3=O)CCO1. The first-order valence-corrected chi connectivity index (χ1v) is 6.60. The fourth-order valence-corrected chi connectivity index (χ4v) is 3.12. The molecule has 17 heavy (non-hydrogen) atoms. The second-order valence-electron chi connectivity index (χ2n) is 5.22. The number of carbonyl (C=O) groups excluding carboxylic acids is 1. The highest BCUT2D eigenvalue weighted by atomic mass is 16.5. The van der Waals surface area contributed by atoms with E-state index in [0.29, 0.717) is 17.9 Å². The van der Waals surface area contributed by atoms with Gasteiger partial charge in [0.05, 0.1) is 6.10 Å². The van der Waals surface area contributed by atoms with Gasteiger partial charge < -0.3 is 9.30 Å². The van der Waals surface area contributed by atoms with Gasteiger partial charge in [0.25, 0.3) is 0 Å². The Hall–Kier alpha value is -1.09. The Labute approximate surface area is 102 Å². The van der Waals surface area contributed by atoms with E-state index in [9.17, 15) is 4.79 Å². The van der Waals surface area contributed by atoms with Gasteiger partial charge in [0, 0.05) is 36.5 Å². The van der Waals surface area contributed by atoms with Crippen molar-refractivity contribution in [2.24, 2.45) is 0 Å². The molecule has 0 saturated carbocycles. The van der Waals surface area contributed by atoms with Gasteiger partial charge in [-0.3, -0.25) is 4.79 Å². The Balaban J connectivity index is 1.90. The average molecular weight is 233 g/mol. The molecule has 0 spiro atoms. The summed E-state index contributed by atoms with van der Waals surface area (Å²) in [7, 11) is 0. The number of hydrogen-bond acceptors (Lipinski definition) is 2. The minimum atomic E-state index is 0.324. The molecule has 3 heteroatoms. The van der Waals surface area contributed by atoms with E-state index in [2.05, 4.69) is 17.7 Å². The van der Waals surface area contributed by atoms with Gasteiger partial charge in [0.15, 0.2) is 5.78 Å². The number of rotatable bonds is 1. The van der Waals surface area contributed by atoms with Gasteiger partial charge in [-0.1, -0.05) is 0 Å². The van der Waals surface area contributed by atoms with Gasteiger partial charge in [0.2, 0.25) is 0 Å². The lowest BCUT2D eigenvalue weighted by atomic mass is 9.95. The molecule has 1 fully saturated rings. The van der Waals surface area contributed by atoms with Crippen LogP contribution in [0.1, 0.15) is 54.7 Å². The van der Waals surface area contributed by atoms with Crippen molar-refractivity contribution in [2.75, 3.05) is 6.61 Å². The lowest BCUT2D eigenvalue weighted by Gasteiger charge is -2.30. The van der Waals surface area contributed by atoms with Crippen molar-refractivity contribution in [3.05, 3.63) is 23.5 Å². The highest BCUT2D eigenvalue weighted by molar-refractivity contribution is 5.98. The summed E-state index contributed by atoms with van der Waals surface area (Å²) in [6.45, 7) is 2.97. The molecule has 0 amide bonds. The Morgan fingerprint density at radius 2 is 2.29 bits per heavy atom. The third-order valence-corrected chi connectivity index (χ3v) is 3.99. The molecule has 0 aromatic carbocycles. The molecule has 2 atom stereocenters. The van der Waals surface area contributed by atoms with Crippen LogP contribution in [-0.2, 0) is 11.2 Å². The van der Waals surface area contributed by atoms with Crippen LogP contribution in [-0.4, -0.2) is 23.1 Å². The van der Waals surface area contributed by atoms with E-state index in [0.717, 1.165) is 44.3 Å². The first kappa shape index (κ1) is 11.0. The van der Waals surface area contributed by atoms with Crippen molar-refractivity contribution < 1.29 is 9.53 Å². The lowest BCUT2D eigenvalue weighted by molar-refractivity contribution is 0.00550. The van der Waals surface area contributed by atoms with Crippen LogP contribution in [0.5, 0.6) is 0 Å². The number of aromatic nitrogens is 1. The van der Waals surface area contributed by atoms with E-state index < -0.39 is 0 Å². The second-order valence-corrected chi connectivity index (χ2v) is 5.22. The van der Waals surface area contributed by atoms with Crippen molar-refractivity contribution in [1.82, 2.24) is 4.57 Å². The van der Waals surface area contributed by atoms with Crippen molar-refractivity contribution in [1.29, 1.82) is 0 Å². The van der Waals surface area contributed by atoms with Crippen LogP contribution in [0.2, 0.25) is 0 Å². The predicted molar refractivity (Wildman–Crippen MR) is 65.4 cm³/mol. The largest absolute Gasteiger partial charge is 0.378 e. The quantitative estimate of drug-likeness (QED) is 0.747. The summed E-state index contributed by atoms with van der Waals surface area (Å²) in [4.78, 5) is 11.8. The van der Waals surface area contributed by atoms with Gasteiger partial charge in [-0.05, 0) is 38.7 Å². The van der Waals surface area contributed by atoms with Crippen LogP contribution in [0, 0.1) is 0 Å². The normalized spacial score (nSPS) is 29.1. The third kappa shape index (κ3) is 1.93. The number of carbonyl (C=O) groups is 1. The van der Waals surface area contributed by atoms with E-state index in [-0.39, 0.29) is 0 Å². The molecular weight excluding hydrogens is 214 g/mol. The minimum absolute atomic E-state index is 0.324. The molecule has 1 aromatic rings. The standard InChI is InChI=1S/C14H19NO2/c1-10-9-11(6-8-17-10)15-7-5-12-13(15)3-2-4-14(12)16/h5,7,10-11H,2-4,6,8-9H2,1H3. The van der Waals surface area contributed by atoms with Crippen LogP contribution < -0.4 is 0 Å². The molecule has 1 saturated heterocycles. The summed E-state index contributed by atoms with van der Waals surface area (Å²) in [6.07, 6.45) is 7.37. The molecule has 0 bridgehead atoms. The topological polar surface area (TPSA) is 31.2 Å². The summed E-state index contributed by atoms with van der Waals surface area (Å²) >= 11 is 0. The van der Waals surface area contributed by atoms with Gasteiger partial charge in [0.1, 0.15) is 0 Å². The Morgan fingerprint density at radius 3 is 3.12 bits per heavy atom. The van der Waals surface area contributed by atoms with E-state index in [4.69, 9.17) is 4.74 Å². The second kappa shape index (κ2) is 4.30. The van der Waals surface area contributed by atoms with Gasteiger partial charge in [-0.15, -0.1) is 0 Å². The van der Waals surface area contributed by atoms with Gasteiger partial charge >= 0.3 is 0 Å². The molecular formula is C14H19NO2. The highest BCUT2D eigenvalue weighted by Crippen LogP contribution is 2.31. The fourth-order valence-electron chi connectivity index (χ4n) is 3.12. The number of Topliss-reactive ketones (excluding diaryl/α,β-unsaturated/α-hetero) is 1. The summed E-state index contributed by atoms with van der Waals surface area (Å²) in [5.74, 6) is 0.324. The molecule has 3 nitrogen and oxygen atoms in total. The summed E-state index contributed by atoms with van der Waals surface area (Å²) < 4.78 is 7.93. The minimum Gasteiger partial charge on any atom is -0.378 e. The van der Waals surface area contributed by atoms with Crippen molar-refractivity contribution in [3.8, 4) is 0 Å². The van der Waals surface area contributed by atoms with Crippen molar-refractivity contribution >= 4 is 5.78 Å². The van der Waals surface area contributed by atoms with Gasteiger partial charge in [-0.2, -0.15) is 0 Å². The first-order valence-electron chi connectivity index (χ1n) is 6.60. The van der Waals surface area contributed by atoms with Crippen molar-refractivity contribution in [2.45, 2.75) is 51.2 Å². The van der Waals surface area contributed by atoms with Crippen LogP contribution in [0.25, 0.3) is 0 Å². The number of nitrogens with zero attached hydrogens (tertiary/aromatic N) is 1. The average Bonchev–Trinajstić information content (AvgIpc) is 2.74. The van der Waals surface area contributed by atoms with E-state index in [1.165, 1.54) is 5.69 Å². The summed E-state index contributed by atoms with van der Waals surface area (Å²) in [6, 6.07) is 2.53. The smallest absolute Gasteiger partial charge is 0.164 e. The zero-order chi connectivity index (χ0) is 11.8. The first-order chi connectivity index (χ1) is 8.25. The molecule has 3 rings (SSSR count). The molecule has 2 aliphatic rings. The highest BCUT2D eigenvalue weighted by Gasteiger charge is 2.26.